The Morgan fingerprint density at radius 2 is 2.18 bits per heavy atom. The van der Waals surface area contributed by atoms with Crippen LogP contribution in [-0.2, 0) is 12.2 Å². The summed E-state index contributed by atoms with van der Waals surface area (Å²) in [6, 6.07) is 2.15. The lowest BCUT2D eigenvalue weighted by atomic mass is 9.96. The van der Waals surface area contributed by atoms with Gasteiger partial charge in [-0.15, -0.1) is 11.3 Å². The monoisotopic (exact) mass is 268 g/mol. The van der Waals surface area contributed by atoms with Gasteiger partial charge in [0.15, 0.2) is 5.78 Å². The standard InChI is InChI=1S/C14H20OS2/c1-3-10(4-2)7-12(15)14-8-11-9-16-6-5-13(11)17-14/h8,10H,3-7,9H2,1-2H3. The van der Waals surface area contributed by atoms with Gasteiger partial charge in [0.25, 0.3) is 0 Å². The van der Waals surface area contributed by atoms with E-state index in [-0.39, 0.29) is 0 Å². The number of thiophene rings is 1. The minimum Gasteiger partial charge on any atom is -0.293 e. The van der Waals surface area contributed by atoms with Crippen LogP contribution in [0.2, 0.25) is 0 Å². The highest BCUT2D eigenvalue weighted by atomic mass is 32.2. The van der Waals surface area contributed by atoms with Crippen LogP contribution in [0.4, 0.5) is 0 Å². The van der Waals surface area contributed by atoms with Crippen LogP contribution in [0.1, 0.15) is 53.2 Å². The van der Waals surface area contributed by atoms with Gasteiger partial charge in [0.05, 0.1) is 4.88 Å². The molecule has 0 unspecified atom stereocenters. The molecular weight excluding hydrogens is 248 g/mol. The SMILES string of the molecule is CCC(CC)CC(=O)c1cc2c(s1)CCSC2. The summed E-state index contributed by atoms with van der Waals surface area (Å²) in [7, 11) is 0. The summed E-state index contributed by atoms with van der Waals surface area (Å²) >= 11 is 3.72. The topological polar surface area (TPSA) is 17.1 Å². The smallest absolute Gasteiger partial charge is 0.173 e. The highest BCUT2D eigenvalue weighted by Crippen LogP contribution is 2.32. The third kappa shape index (κ3) is 3.14. The summed E-state index contributed by atoms with van der Waals surface area (Å²) in [5.74, 6) is 3.25. The molecule has 0 aromatic carbocycles. The Morgan fingerprint density at radius 3 is 2.82 bits per heavy atom. The molecule has 3 heteroatoms. The number of rotatable bonds is 5. The van der Waals surface area contributed by atoms with Crippen LogP contribution in [0.5, 0.6) is 0 Å². The van der Waals surface area contributed by atoms with E-state index in [1.807, 2.05) is 11.8 Å². The van der Waals surface area contributed by atoms with Crippen molar-refractivity contribution in [3.05, 3.63) is 21.4 Å². The molecule has 94 valence electrons. The molecular formula is C14H20OS2. The first-order valence-electron chi connectivity index (χ1n) is 6.47. The fraction of sp³-hybridized carbons (Fsp3) is 0.643. The molecule has 0 radical (unpaired) electrons. The number of ketones is 1. The third-order valence-corrected chi connectivity index (χ3v) is 5.82. The van der Waals surface area contributed by atoms with Gasteiger partial charge < -0.3 is 0 Å². The second-order valence-corrected chi connectivity index (χ2v) is 6.91. The van der Waals surface area contributed by atoms with E-state index in [0.717, 1.165) is 36.3 Å². The predicted molar refractivity (Wildman–Crippen MR) is 77.2 cm³/mol. The molecule has 17 heavy (non-hydrogen) atoms. The highest BCUT2D eigenvalue weighted by Gasteiger charge is 2.19. The Kier molecular flexibility index (Phi) is 4.69. The van der Waals surface area contributed by atoms with E-state index in [4.69, 9.17) is 0 Å². The first-order chi connectivity index (χ1) is 8.24. The molecule has 2 heterocycles. The van der Waals surface area contributed by atoms with E-state index in [1.165, 1.54) is 16.2 Å². The highest BCUT2D eigenvalue weighted by molar-refractivity contribution is 7.98. The first-order valence-corrected chi connectivity index (χ1v) is 8.44. The number of hydrogen-bond acceptors (Lipinski definition) is 3. The van der Waals surface area contributed by atoms with Crippen molar-refractivity contribution in [2.24, 2.45) is 5.92 Å². The number of fused-ring (bicyclic) bond motifs is 1. The maximum Gasteiger partial charge on any atom is 0.173 e. The van der Waals surface area contributed by atoms with Crippen molar-refractivity contribution in [1.82, 2.24) is 0 Å². The molecule has 0 saturated carbocycles. The first kappa shape index (κ1) is 13.2. The lowest BCUT2D eigenvalue weighted by molar-refractivity contribution is 0.0962. The van der Waals surface area contributed by atoms with E-state index in [9.17, 15) is 4.79 Å². The number of carbonyl (C=O) groups is 1. The zero-order chi connectivity index (χ0) is 12.3. The van der Waals surface area contributed by atoms with E-state index < -0.39 is 0 Å². The summed E-state index contributed by atoms with van der Waals surface area (Å²) < 4.78 is 0. The van der Waals surface area contributed by atoms with Gasteiger partial charge in [-0.1, -0.05) is 26.7 Å². The minimum absolute atomic E-state index is 0.364. The van der Waals surface area contributed by atoms with Gasteiger partial charge in [-0.25, -0.2) is 0 Å². The Bertz CT molecular complexity index is 367. The average Bonchev–Trinajstić information content (AvgIpc) is 2.79. The minimum atomic E-state index is 0.364. The molecule has 1 nitrogen and oxygen atoms in total. The summed E-state index contributed by atoms with van der Waals surface area (Å²) in [4.78, 5) is 14.7. The van der Waals surface area contributed by atoms with Gasteiger partial charge in [-0.2, -0.15) is 11.8 Å². The summed E-state index contributed by atoms with van der Waals surface area (Å²) in [6.07, 6.45) is 4.12. The Labute approximate surface area is 112 Å². The van der Waals surface area contributed by atoms with Crippen LogP contribution in [0.3, 0.4) is 0 Å². The lowest BCUT2D eigenvalue weighted by Crippen LogP contribution is -2.05. The fourth-order valence-corrected chi connectivity index (χ4v) is 4.55. The molecule has 2 rings (SSSR count). The second-order valence-electron chi connectivity index (χ2n) is 4.67. The van der Waals surface area contributed by atoms with Crippen LogP contribution >= 0.6 is 23.1 Å². The van der Waals surface area contributed by atoms with E-state index >= 15 is 0 Å². The van der Waals surface area contributed by atoms with Gasteiger partial charge in [0, 0.05) is 17.1 Å². The number of aryl methyl sites for hydroxylation is 1. The van der Waals surface area contributed by atoms with Gasteiger partial charge in [-0.05, 0) is 29.7 Å². The summed E-state index contributed by atoms with van der Waals surface area (Å²) in [5, 5.41) is 0. The molecule has 0 N–H and O–H groups in total. The van der Waals surface area contributed by atoms with Crippen LogP contribution in [-0.4, -0.2) is 11.5 Å². The quantitative estimate of drug-likeness (QED) is 0.729. The van der Waals surface area contributed by atoms with E-state index in [0.29, 0.717) is 11.7 Å². The number of thioether (sulfide) groups is 1. The van der Waals surface area contributed by atoms with Crippen molar-refractivity contribution < 1.29 is 4.79 Å². The van der Waals surface area contributed by atoms with Crippen molar-refractivity contribution in [1.29, 1.82) is 0 Å². The summed E-state index contributed by atoms with van der Waals surface area (Å²) in [6.45, 7) is 4.36. The molecule has 1 aromatic heterocycles. The van der Waals surface area contributed by atoms with Crippen molar-refractivity contribution in [2.45, 2.75) is 45.3 Å². The fourth-order valence-electron chi connectivity index (χ4n) is 2.22. The van der Waals surface area contributed by atoms with Crippen LogP contribution in [0, 0.1) is 5.92 Å². The van der Waals surface area contributed by atoms with E-state index in [1.54, 1.807) is 11.3 Å². The average molecular weight is 268 g/mol. The lowest BCUT2D eigenvalue weighted by Gasteiger charge is -2.09. The molecule has 0 fully saturated rings. The maximum absolute atomic E-state index is 12.2. The number of hydrogen-bond donors (Lipinski definition) is 0. The van der Waals surface area contributed by atoms with Crippen LogP contribution in [0.25, 0.3) is 0 Å². The van der Waals surface area contributed by atoms with Crippen molar-refractivity contribution in [3.63, 3.8) is 0 Å². The molecule has 1 aliphatic rings. The largest absolute Gasteiger partial charge is 0.293 e. The molecule has 0 saturated heterocycles. The zero-order valence-corrected chi connectivity index (χ0v) is 12.3. The second kappa shape index (κ2) is 6.05. The Balaban J connectivity index is 2.06. The van der Waals surface area contributed by atoms with Gasteiger partial charge in [-0.3, -0.25) is 4.79 Å². The van der Waals surface area contributed by atoms with Crippen molar-refractivity contribution in [3.8, 4) is 0 Å². The predicted octanol–water partition coefficient (Wildman–Crippen LogP) is 4.55. The molecule has 0 amide bonds. The molecule has 1 aromatic rings. The molecule has 0 spiro atoms. The number of carbonyl (C=O) groups excluding carboxylic acids is 1. The molecule has 0 bridgehead atoms. The number of Topliss-reactive ketones (excluding diaryl/α,β-unsaturated/α-hetero) is 1. The Morgan fingerprint density at radius 1 is 1.41 bits per heavy atom. The van der Waals surface area contributed by atoms with Crippen molar-refractivity contribution in [2.75, 3.05) is 5.75 Å². The van der Waals surface area contributed by atoms with Crippen LogP contribution < -0.4 is 0 Å². The molecule has 0 atom stereocenters. The summed E-state index contributed by atoms with van der Waals surface area (Å²) in [5.41, 5.74) is 1.42. The normalized spacial score (nSPS) is 15.0. The molecule has 0 aliphatic carbocycles. The zero-order valence-electron chi connectivity index (χ0n) is 10.6. The van der Waals surface area contributed by atoms with Crippen LogP contribution in [0.15, 0.2) is 6.07 Å². The molecule has 1 aliphatic heterocycles. The Hall–Kier alpha value is -0.280. The maximum atomic E-state index is 12.2. The van der Waals surface area contributed by atoms with Gasteiger partial charge in [0.2, 0.25) is 0 Å². The van der Waals surface area contributed by atoms with E-state index in [2.05, 4.69) is 19.9 Å². The third-order valence-electron chi connectivity index (χ3n) is 3.53. The van der Waals surface area contributed by atoms with Crippen molar-refractivity contribution >= 4 is 28.9 Å². The van der Waals surface area contributed by atoms with Gasteiger partial charge in [0.1, 0.15) is 0 Å². The van der Waals surface area contributed by atoms with Gasteiger partial charge >= 0.3 is 0 Å².